The minimum atomic E-state index is -0.456. The fraction of sp³-hybridized carbons (Fsp3) is 0.625. The Bertz CT molecular complexity index is 399. The van der Waals surface area contributed by atoms with Gasteiger partial charge in [0.05, 0.1) is 0 Å². The zero-order chi connectivity index (χ0) is 14.4. The molecular weight excluding hydrogens is 270 g/mol. The van der Waals surface area contributed by atoms with Gasteiger partial charge in [-0.15, -0.1) is 0 Å². The molecule has 1 aromatic rings. The van der Waals surface area contributed by atoms with Crippen LogP contribution in [0.1, 0.15) is 24.0 Å². The van der Waals surface area contributed by atoms with Crippen LogP contribution in [0.25, 0.3) is 0 Å². The van der Waals surface area contributed by atoms with Crippen LogP contribution in [0.5, 0.6) is 5.75 Å². The van der Waals surface area contributed by atoms with Crippen molar-refractivity contribution in [3.63, 3.8) is 0 Å². The van der Waals surface area contributed by atoms with E-state index in [2.05, 4.69) is 25.2 Å². The van der Waals surface area contributed by atoms with Gasteiger partial charge >= 0.3 is 0 Å². The summed E-state index contributed by atoms with van der Waals surface area (Å²) < 4.78 is 5.66. The number of benzene rings is 1. The van der Waals surface area contributed by atoms with Crippen LogP contribution in [-0.2, 0) is 0 Å². The highest BCUT2D eigenvalue weighted by atomic mass is 32.2. The predicted molar refractivity (Wildman–Crippen MR) is 85.8 cm³/mol. The largest absolute Gasteiger partial charge is 0.491 e. The molecule has 0 amide bonds. The van der Waals surface area contributed by atoms with E-state index in [4.69, 9.17) is 4.74 Å². The Morgan fingerprint density at radius 2 is 2.10 bits per heavy atom. The molecule has 3 nitrogen and oxygen atoms in total. The van der Waals surface area contributed by atoms with Crippen molar-refractivity contribution in [1.29, 1.82) is 0 Å². The number of hydrogen-bond acceptors (Lipinski definition) is 4. The van der Waals surface area contributed by atoms with Crippen LogP contribution >= 0.6 is 11.8 Å². The van der Waals surface area contributed by atoms with Gasteiger partial charge in [0.1, 0.15) is 18.5 Å². The van der Waals surface area contributed by atoms with Crippen LogP contribution in [0, 0.1) is 13.8 Å². The van der Waals surface area contributed by atoms with Gasteiger partial charge in [0.25, 0.3) is 0 Å². The standard InChI is InChI=1S/C16H25NO2S/c1-12-6-13(2)8-15(7-12)19-11-14(18)9-17-10-16-4-3-5-20-16/h6-8,14,16-18H,3-5,9-11H2,1-2H3. The summed E-state index contributed by atoms with van der Waals surface area (Å²) >= 11 is 2.03. The number of rotatable bonds is 7. The summed E-state index contributed by atoms with van der Waals surface area (Å²) in [7, 11) is 0. The zero-order valence-electron chi connectivity index (χ0n) is 12.4. The van der Waals surface area contributed by atoms with Crippen LogP contribution in [0.2, 0.25) is 0 Å². The lowest BCUT2D eigenvalue weighted by molar-refractivity contribution is 0.106. The molecule has 0 radical (unpaired) electrons. The normalized spacial score (nSPS) is 20.1. The SMILES string of the molecule is Cc1cc(C)cc(OCC(O)CNCC2CCCS2)c1. The summed E-state index contributed by atoms with van der Waals surface area (Å²) in [5.74, 6) is 2.12. The van der Waals surface area contributed by atoms with E-state index < -0.39 is 6.10 Å². The first-order valence-corrected chi connectivity index (χ1v) is 8.40. The molecule has 2 rings (SSSR count). The number of aliphatic hydroxyl groups is 1. The molecule has 2 N–H and O–H groups in total. The molecule has 1 aliphatic rings. The molecule has 112 valence electrons. The molecule has 1 aliphatic heterocycles. The van der Waals surface area contributed by atoms with Gasteiger partial charge in [0.15, 0.2) is 0 Å². The number of aliphatic hydroxyl groups excluding tert-OH is 1. The summed E-state index contributed by atoms with van der Waals surface area (Å²) in [4.78, 5) is 0. The number of ether oxygens (including phenoxy) is 1. The highest BCUT2D eigenvalue weighted by molar-refractivity contribution is 8.00. The molecule has 2 atom stereocenters. The first-order chi connectivity index (χ1) is 9.63. The van der Waals surface area contributed by atoms with E-state index in [0.29, 0.717) is 13.2 Å². The predicted octanol–water partition coefficient (Wildman–Crippen LogP) is 2.53. The topological polar surface area (TPSA) is 41.5 Å². The molecule has 1 fully saturated rings. The summed E-state index contributed by atoms with van der Waals surface area (Å²) in [5, 5.41) is 14.0. The van der Waals surface area contributed by atoms with Crippen molar-refractivity contribution in [2.75, 3.05) is 25.4 Å². The minimum Gasteiger partial charge on any atom is -0.491 e. The second-order valence-electron chi connectivity index (χ2n) is 5.58. The molecule has 0 spiro atoms. The maximum absolute atomic E-state index is 9.93. The average molecular weight is 295 g/mol. The van der Waals surface area contributed by atoms with E-state index in [9.17, 15) is 5.11 Å². The molecule has 1 heterocycles. The second kappa shape index (κ2) is 7.91. The van der Waals surface area contributed by atoms with Crippen LogP contribution in [0.4, 0.5) is 0 Å². The third kappa shape index (κ3) is 5.35. The molecule has 0 aromatic heterocycles. The Morgan fingerprint density at radius 3 is 2.75 bits per heavy atom. The molecule has 0 aliphatic carbocycles. The smallest absolute Gasteiger partial charge is 0.119 e. The lowest BCUT2D eigenvalue weighted by Gasteiger charge is -2.15. The van der Waals surface area contributed by atoms with Gasteiger partial charge in [0, 0.05) is 18.3 Å². The van der Waals surface area contributed by atoms with Crippen molar-refractivity contribution in [3.8, 4) is 5.75 Å². The van der Waals surface area contributed by atoms with E-state index in [1.807, 2.05) is 23.9 Å². The van der Waals surface area contributed by atoms with E-state index in [-0.39, 0.29) is 0 Å². The molecule has 20 heavy (non-hydrogen) atoms. The molecule has 2 unspecified atom stereocenters. The molecule has 0 saturated carbocycles. The van der Waals surface area contributed by atoms with E-state index >= 15 is 0 Å². The molecule has 0 bridgehead atoms. The molecule has 4 heteroatoms. The van der Waals surface area contributed by atoms with E-state index in [1.54, 1.807) is 0 Å². The Labute approximate surface area is 126 Å². The van der Waals surface area contributed by atoms with Crippen molar-refractivity contribution in [2.24, 2.45) is 0 Å². The maximum atomic E-state index is 9.93. The van der Waals surface area contributed by atoms with E-state index in [1.165, 1.54) is 29.7 Å². The molecular formula is C16H25NO2S. The van der Waals surface area contributed by atoms with Crippen molar-refractivity contribution >= 4 is 11.8 Å². The summed E-state index contributed by atoms with van der Waals surface area (Å²) in [6.07, 6.45) is 2.17. The summed E-state index contributed by atoms with van der Waals surface area (Å²) in [6, 6.07) is 6.12. The van der Waals surface area contributed by atoms with Gasteiger partial charge < -0.3 is 15.2 Å². The molecule has 1 saturated heterocycles. The first kappa shape index (κ1) is 15.7. The van der Waals surface area contributed by atoms with Gasteiger partial charge in [0.2, 0.25) is 0 Å². The minimum absolute atomic E-state index is 0.341. The van der Waals surface area contributed by atoms with Crippen LogP contribution < -0.4 is 10.1 Å². The number of hydrogen-bond donors (Lipinski definition) is 2. The van der Waals surface area contributed by atoms with E-state index in [0.717, 1.165) is 17.5 Å². The second-order valence-corrected chi connectivity index (χ2v) is 6.99. The number of nitrogens with one attached hydrogen (secondary N) is 1. The van der Waals surface area contributed by atoms with Crippen LogP contribution in [0.15, 0.2) is 18.2 Å². The molecule has 1 aromatic carbocycles. The summed E-state index contributed by atoms with van der Waals surface area (Å²) in [6.45, 7) is 6.04. The van der Waals surface area contributed by atoms with Crippen LogP contribution in [-0.4, -0.2) is 41.9 Å². The fourth-order valence-corrected chi connectivity index (χ4v) is 3.72. The average Bonchev–Trinajstić information content (AvgIpc) is 2.88. The van der Waals surface area contributed by atoms with Gasteiger partial charge in [-0.05, 0) is 55.7 Å². The quantitative estimate of drug-likeness (QED) is 0.811. The highest BCUT2D eigenvalue weighted by Crippen LogP contribution is 2.25. The zero-order valence-corrected chi connectivity index (χ0v) is 13.2. The van der Waals surface area contributed by atoms with Crippen molar-refractivity contribution in [1.82, 2.24) is 5.32 Å². The fourth-order valence-electron chi connectivity index (χ4n) is 2.48. The third-order valence-electron chi connectivity index (χ3n) is 3.41. The first-order valence-electron chi connectivity index (χ1n) is 7.35. The lowest BCUT2D eigenvalue weighted by Crippen LogP contribution is -2.34. The number of aryl methyl sites for hydroxylation is 2. The monoisotopic (exact) mass is 295 g/mol. The Balaban J connectivity index is 1.65. The van der Waals surface area contributed by atoms with Crippen molar-refractivity contribution in [2.45, 2.75) is 38.0 Å². The Morgan fingerprint density at radius 1 is 1.35 bits per heavy atom. The van der Waals surface area contributed by atoms with Gasteiger partial charge in [-0.1, -0.05) is 6.07 Å². The van der Waals surface area contributed by atoms with Gasteiger partial charge in [-0.3, -0.25) is 0 Å². The highest BCUT2D eigenvalue weighted by Gasteiger charge is 2.15. The van der Waals surface area contributed by atoms with Crippen molar-refractivity contribution < 1.29 is 9.84 Å². The van der Waals surface area contributed by atoms with Gasteiger partial charge in [-0.25, -0.2) is 0 Å². The number of thioether (sulfide) groups is 1. The Kier molecular flexibility index (Phi) is 6.20. The van der Waals surface area contributed by atoms with Crippen LogP contribution in [0.3, 0.4) is 0 Å². The maximum Gasteiger partial charge on any atom is 0.119 e. The third-order valence-corrected chi connectivity index (χ3v) is 4.81. The summed E-state index contributed by atoms with van der Waals surface area (Å²) in [5.41, 5.74) is 2.37. The Hall–Kier alpha value is -0.710. The van der Waals surface area contributed by atoms with Crippen molar-refractivity contribution in [3.05, 3.63) is 29.3 Å². The van der Waals surface area contributed by atoms with Gasteiger partial charge in [-0.2, -0.15) is 11.8 Å². The lowest BCUT2D eigenvalue weighted by atomic mass is 10.1.